The van der Waals surface area contributed by atoms with Crippen LogP contribution in [-0.2, 0) is 0 Å². The molecule has 1 amide bonds. The Kier molecular flexibility index (Phi) is 5.53. The minimum atomic E-state index is 0.0120. The van der Waals surface area contributed by atoms with Gasteiger partial charge >= 0.3 is 0 Å². The van der Waals surface area contributed by atoms with Gasteiger partial charge in [-0.1, -0.05) is 30.5 Å². The Morgan fingerprint density at radius 1 is 1.08 bits per heavy atom. The van der Waals surface area contributed by atoms with Crippen LogP contribution in [-0.4, -0.2) is 33.9 Å². The van der Waals surface area contributed by atoms with Crippen LogP contribution < -0.4 is 5.32 Å². The molecule has 2 aromatic rings. The maximum atomic E-state index is 12.6. The van der Waals surface area contributed by atoms with Gasteiger partial charge in [-0.15, -0.1) is 0 Å². The molecule has 1 saturated heterocycles. The maximum Gasteiger partial charge on any atom is 0.256 e. The monoisotopic (exact) mass is 358 g/mol. The molecule has 132 valence electrons. The molecule has 1 aromatic heterocycles. The number of benzene rings is 1. The van der Waals surface area contributed by atoms with Crippen molar-refractivity contribution in [1.29, 1.82) is 0 Å². The van der Waals surface area contributed by atoms with Crippen LogP contribution in [0.4, 0.5) is 11.6 Å². The molecule has 0 saturated carbocycles. The highest BCUT2D eigenvalue weighted by Crippen LogP contribution is 2.29. The number of nitrogens with one attached hydrogen (secondary N) is 1. The summed E-state index contributed by atoms with van der Waals surface area (Å²) in [6, 6.07) is 3.94. The Labute approximate surface area is 153 Å². The number of aromatic nitrogens is 2. The standard InChI is InChI=1S/C19H23ClN4O/c1-13-9-14(2)17(16(20)10-13)23-19-21-11-15(12-22-19)18(25)24-7-5-3-4-6-8-24/h9-12H,3-8H2,1-2H3,(H,21,22,23). The van der Waals surface area contributed by atoms with E-state index in [1.807, 2.05) is 30.9 Å². The SMILES string of the molecule is Cc1cc(C)c(Nc2ncc(C(=O)N3CCCCCC3)cn2)c(Cl)c1. The summed E-state index contributed by atoms with van der Waals surface area (Å²) in [4.78, 5) is 23.1. The number of likely N-dealkylation sites (tertiary alicyclic amines) is 1. The lowest BCUT2D eigenvalue weighted by atomic mass is 10.1. The number of carbonyl (C=O) groups is 1. The molecular formula is C19H23ClN4O. The number of amides is 1. The first kappa shape index (κ1) is 17.7. The average Bonchev–Trinajstić information content (AvgIpc) is 2.87. The van der Waals surface area contributed by atoms with E-state index in [4.69, 9.17) is 11.6 Å². The molecule has 5 nitrogen and oxygen atoms in total. The lowest BCUT2D eigenvalue weighted by Crippen LogP contribution is -2.32. The topological polar surface area (TPSA) is 58.1 Å². The third-order valence-electron chi connectivity index (χ3n) is 4.46. The molecule has 2 heterocycles. The fourth-order valence-electron chi connectivity index (χ4n) is 3.15. The number of anilines is 2. The van der Waals surface area contributed by atoms with Crippen molar-refractivity contribution in [2.24, 2.45) is 0 Å². The molecule has 0 spiro atoms. The molecule has 3 rings (SSSR count). The zero-order chi connectivity index (χ0) is 17.8. The molecule has 1 aromatic carbocycles. The van der Waals surface area contributed by atoms with E-state index in [-0.39, 0.29) is 5.91 Å². The predicted octanol–water partition coefficient (Wildman–Crippen LogP) is 4.51. The van der Waals surface area contributed by atoms with Gasteiger partial charge in [0.05, 0.1) is 16.3 Å². The second-order valence-corrected chi connectivity index (χ2v) is 6.97. The Bertz CT molecular complexity index is 730. The zero-order valence-electron chi connectivity index (χ0n) is 14.7. The van der Waals surface area contributed by atoms with Crippen LogP contribution in [0.15, 0.2) is 24.5 Å². The van der Waals surface area contributed by atoms with Gasteiger partial charge in [0, 0.05) is 25.5 Å². The van der Waals surface area contributed by atoms with Gasteiger partial charge in [0.25, 0.3) is 5.91 Å². The summed E-state index contributed by atoms with van der Waals surface area (Å²) in [5, 5.41) is 3.77. The highest BCUT2D eigenvalue weighted by atomic mass is 35.5. The van der Waals surface area contributed by atoms with E-state index in [1.54, 1.807) is 12.4 Å². The summed E-state index contributed by atoms with van der Waals surface area (Å²) >= 11 is 6.30. The van der Waals surface area contributed by atoms with Gasteiger partial charge in [-0.25, -0.2) is 9.97 Å². The minimum absolute atomic E-state index is 0.0120. The number of nitrogens with zero attached hydrogens (tertiary/aromatic N) is 3. The molecule has 0 unspecified atom stereocenters. The number of aryl methyl sites for hydroxylation is 2. The quantitative estimate of drug-likeness (QED) is 0.877. The van der Waals surface area contributed by atoms with Crippen LogP contribution in [0, 0.1) is 13.8 Å². The van der Waals surface area contributed by atoms with Gasteiger partial charge in [-0.3, -0.25) is 4.79 Å². The summed E-state index contributed by atoms with van der Waals surface area (Å²) in [5.74, 6) is 0.444. The van der Waals surface area contributed by atoms with Gasteiger partial charge in [0.15, 0.2) is 0 Å². The fourth-order valence-corrected chi connectivity index (χ4v) is 3.51. The van der Waals surface area contributed by atoms with Crippen molar-refractivity contribution in [3.05, 3.63) is 46.2 Å². The number of rotatable bonds is 3. The first-order valence-corrected chi connectivity index (χ1v) is 9.07. The zero-order valence-corrected chi connectivity index (χ0v) is 15.4. The average molecular weight is 359 g/mol. The minimum Gasteiger partial charge on any atom is -0.339 e. The van der Waals surface area contributed by atoms with Crippen molar-refractivity contribution in [3.63, 3.8) is 0 Å². The smallest absolute Gasteiger partial charge is 0.256 e. The van der Waals surface area contributed by atoms with Crippen molar-refractivity contribution in [2.75, 3.05) is 18.4 Å². The molecule has 0 atom stereocenters. The maximum absolute atomic E-state index is 12.6. The molecule has 1 N–H and O–H groups in total. The van der Waals surface area contributed by atoms with Crippen LogP contribution in [0.2, 0.25) is 5.02 Å². The van der Waals surface area contributed by atoms with Crippen molar-refractivity contribution in [1.82, 2.24) is 14.9 Å². The largest absolute Gasteiger partial charge is 0.339 e. The summed E-state index contributed by atoms with van der Waals surface area (Å²) < 4.78 is 0. The van der Waals surface area contributed by atoms with Crippen LogP contribution >= 0.6 is 11.6 Å². The second-order valence-electron chi connectivity index (χ2n) is 6.57. The Morgan fingerprint density at radius 2 is 1.72 bits per heavy atom. The van der Waals surface area contributed by atoms with Crippen molar-refractivity contribution < 1.29 is 4.79 Å². The van der Waals surface area contributed by atoms with Crippen molar-refractivity contribution in [2.45, 2.75) is 39.5 Å². The molecule has 1 fully saturated rings. The van der Waals surface area contributed by atoms with Crippen LogP contribution in [0.1, 0.15) is 47.2 Å². The molecule has 0 bridgehead atoms. The predicted molar refractivity (Wildman–Crippen MR) is 101 cm³/mol. The van der Waals surface area contributed by atoms with Crippen molar-refractivity contribution in [3.8, 4) is 0 Å². The third kappa shape index (κ3) is 4.28. The Balaban J connectivity index is 1.73. The summed E-state index contributed by atoms with van der Waals surface area (Å²) in [7, 11) is 0. The first-order chi connectivity index (χ1) is 12.0. The van der Waals surface area contributed by atoms with E-state index >= 15 is 0 Å². The number of halogens is 1. The number of hydrogen-bond acceptors (Lipinski definition) is 4. The molecular weight excluding hydrogens is 336 g/mol. The lowest BCUT2D eigenvalue weighted by molar-refractivity contribution is 0.0761. The van der Waals surface area contributed by atoms with Crippen molar-refractivity contribution >= 4 is 29.1 Å². The van der Waals surface area contributed by atoms with Crippen LogP contribution in [0.5, 0.6) is 0 Å². The van der Waals surface area contributed by atoms with Gasteiger partial charge < -0.3 is 10.2 Å². The molecule has 1 aliphatic heterocycles. The lowest BCUT2D eigenvalue weighted by Gasteiger charge is -2.20. The highest BCUT2D eigenvalue weighted by molar-refractivity contribution is 6.33. The summed E-state index contributed by atoms with van der Waals surface area (Å²) in [6.45, 7) is 5.62. The third-order valence-corrected chi connectivity index (χ3v) is 4.76. The molecule has 1 aliphatic rings. The fraction of sp³-hybridized carbons (Fsp3) is 0.421. The van der Waals surface area contributed by atoms with E-state index in [1.165, 1.54) is 12.8 Å². The number of hydrogen-bond donors (Lipinski definition) is 1. The van der Waals surface area contributed by atoms with E-state index in [2.05, 4.69) is 15.3 Å². The van der Waals surface area contributed by atoms with Gasteiger partial charge in [-0.05, 0) is 43.9 Å². The van der Waals surface area contributed by atoms with Crippen LogP contribution in [0.3, 0.4) is 0 Å². The van der Waals surface area contributed by atoms with E-state index in [0.717, 1.165) is 42.7 Å². The molecule has 6 heteroatoms. The Morgan fingerprint density at radius 3 is 2.32 bits per heavy atom. The van der Waals surface area contributed by atoms with Gasteiger partial charge in [0.2, 0.25) is 5.95 Å². The van der Waals surface area contributed by atoms with Crippen LogP contribution in [0.25, 0.3) is 0 Å². The van der Waals surface area contributed by atoms with Gasteiger partial charge in [0.1, 0.15) is 0 Å². The van der Waals surface area contributed by atoms with E-state index in [9.17, 15) is 4.79 Å². The summed E-state index contributed by atoms with van der Waals surface area (Å²) in [6.07, 6.45) is 7.69. The van der Waals surface area contributed by atoms with E-state index in [0.29, 0.717) is 16.5 Å². The molecule has 0 radical (unpaired) electrons. The van der Waals surface area contributed by atoms with E-state index < -0.39 is 0 Å². The second kappa shape index (κ2) is 7.83. The molecule has 25 heavy (non-hydrogen) atoms. The Hall–Kier alpha value is -2.14. The number of carbonyl (C=O) groups excluding carboxylic acids is 1. The summed E-state index contributed by atoms with van der Waals surface area (Å²) in [5.41, 5.74) is 3.45. The highest BCUT2D eigenvalue weighted by Gasteiger charge is 2.18. The van der Waals surface area contributed by atoms with Gasteiger partial charge in [-0.2, -0.15) is 0 Å². The molecule has 0 aliphatic carbocycles. The normalized spacial score (nSPS) is 14.9. The first-order valence-electron chi connectivity index (χ1n) is 8.69.